The highest BCUT2D eigenvalue weighted by molar-refractivity contribution is 5.79. The standard InChI is InChI=1S/C47H78O18/c1-41(2,3)34(49)56-22-24-26(28(62-37(52)44(10,11)12)30(32(48)58-24)64-39(54)46(16,17)18)60-33-31(65-40(55)47(19,20)21)29(63-38(53)45(13,14)15)27(61-36(51)43(7,8)9)25(59-33)23-57-35(50)42(4,5)6/h24-33,48H,22-23H2,1-21H3/t24-,25-,26-,27+,28+,29+,30-,31-,32-,33+/m1/s1. The quantitative estimate of drug-likeness (QED) is 0.191. The summed E-state index contributed by atoms with van der Waals surface area (Å²) in [4.78, 5) is 95.4. The molecular formula is C47H78O18. The van der Waals surface area contributed by atoms with E-state index in [1.807, 2.05) is 0 Å². The average molecular weight is 931 g/mol. The number of hydrogen-bond acceptors (Lipinski definition) is 18. The smallest absolute Gasteiger partial charge is 0.311 e. The van der Waals surface area contributed by atoms with Crippen LogP contribution < -0.4 is 0 Å². The lowest BCUT2D eigenvalue weighted by atomic mass is 9.92. The Balaban J connectivity index is 3.10. The van der Waals surface area contributed by atoms with E-state index in [0.717, 1.165) is 0 Å². The van der Waals surface area contributed by atoms with E-state index in [1.165, 1.54) is 0 Å². The molecule has 2 saturated heterocycles. The fourth-order valence-corrected chi connectivity index (χ4v) is 5.38. The summed E-state index contributed by atoms with van der Waals surface area (Å²) in [6.07, 6.45) is -17.4. The molecule has 0 aromatic carbocycles. The predicted molar refractivity (Wildman–Crippen MR) is 232 cm³/mol. The van der Waals surface area contributed by atoms with Gasteiger partial charge in [-0.05, 0) is 145 Å². The molecule has 65 heavy (non-hydrogen) atoms. The van der Waals surface area contributed by atoms with Crippen molar-refractivity contribution < 1.29 is 86.0 Å². The Morgan fingerprint density at radius 1 is 0.354 bits per heavy atom. The minimum absolute atomic E-state index is 0.623. The van der Waals surface area contributed by atoms with Crippen molar-refractivity contribution in [3.63, 3.8) is 0 Å². The van der Waals surface area contributed by atoms with Gasteiger partial charge >= 0.3 is 41.8 Å². The third kappa shape index (κ3) is 16.2. The number of carbonyl (C=O) groups is 7. The first-order valence-electron chi connectivity index (χ1n) is 22.0. The molecule has 10 atom stereocenters. The number of ether oxygens (including phenoxy) is 10. The Kier molecular flexibility index (Phi) is 18.1. The number of carbonyl (C=O) groups excluding carboxylic acids is 7. The van der Waals surface area contributed by atoms with Crippen LogP contribution in [0, 0.1) is 37.9 Å². The number of hydrogen-bond donors (Lipinski definition) is 1. The topological polar surface area (TPSA) is 232 Å². The predicted octanol–water partition coefficient (Wildman–Crippen LogP) is 5.78. The molecule has 0 radical (unpaired) electrons. The van der Waals surface area contributed by atoms with E-state index in [-0.39, 0.29) is 0 Å². The Hall–Kier alpha value is -3.87. The van der Waals surface area contributed by atoms with Crippen LogP contribution in [-0.4, -0.2) is 122 Å². The van der Waals surface area contributed by atoms with E-state index < -0.39 is 154 Å². The molecule has 18 nitrogen and oxygen atoms in total. The maximum Gasteiger partial charge on any atom is 0.311 e. The van der Waals surface area contributed by atoms with Crippen molar-refractivity contribution in [2.75, 3.05) is 13.2 Å². The Labute approximate surface area is 385 Å². The molecule has 0 bridgehead atoms. The normalized spacial score (nSPS) is 27.1. The lowest BCUT2D eigenvalue weighted by Crippen LogP contribution is -2.68. The van der Waals surface area contributed by atoms with E-state index in [9.17, 15) is 38.7 Å². The van der Waals surface area contributed by atoms with E-state index in [1.54, 1.807) is 145 Å². The third-order valence-electron chi connectivity index (χ3n) is 9.75. The average Bonchev–Trinajstić information content (AvgIpc) is 3.11. The van der Waals surface area contributed by atoms with Gasteiger partial charge in [-0.3, -0.25) is 33.6 Å². The molecule has 0 aromatic rings. The van der Waals surface area contributed by atoms with Crippen LogP contribution in [0.2, 0.25) is 0 Å². The van der Waals surface area contributed by atoms with Crippen LogP contribution in [0.1, 0.15) is 145 Å². The van der Waals surface area contributed by atoms with Crippen LogP contribution in [-0.2, 0) is 80.9 Å². The second-order valence-corrected chi connectivity index (χ2v) is 24.0. The Bertz CT molecular complexity index is 1720. The van der Waals surface area contributed by atoms with Gasteiger partial charge in [0.25, 0.3) is 0 Å². The Morgan fingerprint density at radius 2 is 0.615 bits per heavy atom. The van der Waals surface area contributed by atoms with Gasteiger partial charge in [0, 0.05) is 0 Å². The molecule has 2 fully saturated rings. The molecule has 0 aliphatic carbocycles. The van der Waals surface area contributed by atoms with Crippen LogP contribution >= 0.6 is 0 Å². The number of esters is 7. The van der Waals surface area contributed by atoms with Crippen molar-refractivity contribution >= 4 is 41.8 Å². The molecule has 2 heterocycles. The zero-order chi connectivity index (χ0) is 50.8. The first-order valence-corrected chi connectivity index (χ1v) is 22.0. The molecule has 18 heteroatoms. The van der Waals surface area contributed by atoms with Crippen molar-refractivity contribution in [1.82, 2.24) is 0 Å². The molecule has 2 rings (SSSR count). The molecule has 0 spiro atoms. The zero-order valence-corrected chi connectivity index (χ0v) is 42.6. The van der Waals surface area contributed by atoms with Gasteiger partial charge in [0.1, 0.15) is 31.5 Å². The number of aliphatic hydroxyl groups is 1. The van der Waals surface area contributed by atoms with Gasteiger partial charge < -0.3 is 52.5 Å². The van der Waals surface area contributed by atoms with Gasteiger partial charge in [0.15, 0.2) is 43.1 Å². The third-order valence-corrected chi connectivity index (χ3v) is 9.75. The lowest BCUT2D eigenvalue weighted by Gasteiger charge is -2.49. The van der Waals surface area contributed by atoms with E-state index in [0.29, 0.717) is 0 Å². The van der Waals surface area contributed by atoms with Gasteiger partial charge in [-0.1, -0.05) is 0 Å². The molecule has 0 aromatic heterocycles. The van der Waals surface area contributed by atoms with Crippen molar-refractivity contribution in [1.29, 1.82) is 0 Å². The summed E-state index contributed by atoms with van der Waals surface area (Å²) in [5.41, 5.74) is -7.92. The Morgan fingerprint density at radius 3 is 0.938 bits per heavy atom. The van der Waals surface area contributed by atoms with Crippen LogP contribution in [0.3, 0.4) is 0 Å². The first-order chi connectivity index (χ1) is 29.0. The van der Waals surface area contributed by atoms with E-state index in [4.69, 9.17) is 47.4 Å². The molecule has 2 aliphatic heterocycles. The maximum absolute atomic E-state index is 14.0. The van der Waals surface area contributed by atoms with Crippen molar-refractivity contribution in [3.05, 3.63) is 0 Å². The highest BCUT2D eigenvalue weighted by atomic mass is 16.8. The summed E-state index contributed by atoms with van der Waals surface area (Å²) in [6.45, 7) is 31.9. The number of rotatable bonds is 11. The summed E-state index contributed by atoms with van der Waals surface area (Å²) in [5, 5.41) is 11.5. The van der Waals surface area contributed by atoms with Crippen molar-refractivity contribution in [2.24, 2.45) is 37.9 Å². The van der Waals surface area contributed by atoms with Gasteiger partial charge in [-0.15, -0.1) is 0 Å². The lowest BCUT2D eigenvalue weighted by molar-refractivity contribution is -0.359. The molecule has 2 aliphatic rings. The molecule has 0 unspecified atom stereocenters. The fourth-order valence-electron chi connectivity index (χ4n) is 5.38. The monoisotopic (exact) mass is 931 g/mol. The van der Waals surface area contributed by atoms with Crippen molar-refractivity contribution in [3.8, 4) is 0 Å². The highest BCUT2D eigenvalue weighted by Gasteiger charge is 2.59. The zero-order valence-electron chi connectivity index (χ0n) is 42.6. The summed E-state index contributed by atoms with van der Waals surface area (Å²) < 4.78 is 60.8. The summed E-state index contributed by atoms with van der Waals surface area (Å²) in [6, 6.07) is 0. The van der Waals surface area contributed by atoms with Crippen LogP contribution in [0.25, 0.3) is 0 Å². The van der Waals surface area contributed by atoms with Crippen LogP contribution in [0.4, 0.5) is 0 Å². The summed E-state index contributed by atoms with van der Waals surface area (Å²) in [7, 11) is 0. The minimum Gasteiger partial charge on any atom is -0.462 e. The molecule has 1 N–H and O–H groups in total. The highest BCUT2D eigenvalue weighted by Crippen LogP contribution is 2.39. The molecule has 0 saturated carbocycles. The molecular weight excluding hydrogens is 852 g/mol. The van der Waals surface area contributed by atoms with E-state index in [2.05, 4.69) is 0 Å². The minimum atomic E-state index is -2.00. The SMILES string of the molecule is CC(C)(C)C(=O)OC[C@H]1O[C@@H](O[C@H]2[C@H](OC(=O)C(C)(C)C)[C@@H](OC(=O)C(C)(C)C)[C@H](O)O[C@@H]2COC(=O)C(C)(C)C)[C@H](OC(=O)C(C)(C)C)[C@@H](OC(=O)C(C)(C)C)[C@H]1OC(=O)C(C)(C)C. The fraction of sp³-hybridized carbons (Fsp3) is 0.851. The first kappa shape index (κ1) is 57.3. The van der Waals surface area contributed by atoms with Crippen molar-refractivity contribution in [2.45, 2.75) is 207 Å². The second kappa shape index (κ2) is 20.6. The van der Waals surface area contributed by atoms with Gasteiger partial charge in [-0.2, -0.15) is 0 Å². The van der Waals surface area contributed by atoms with Gasteiger partial charge in [0.05, 0.1) is 37.9 Å². The maximum atomic E-state index is 14.0. The largest absolute Gasteiger partial charge is 0.462 e. The van der Waals surface area contributed by atoms with Crippen LogP contribution in [0.15, 0.2) is 0 Å². The van der Waals surface area contributed by atoms with Gasteiger partial charge in [-0.25, -0.2) is 0 Å². The van der Waals surface area contributed by atoms with E-state index >= 15 is 0 Å². The molecule has 0 amide bonds. The summed E-state index contributed by atoms with van der Waals surface area (Å²) in [5.74, 6) is -5.52. The summed E-state index contributed by atoms with van der Waals surface area (Å²) >= 11 is 0. The molecule has 374 valence electrons. The number of aliphatic hydroxyl groups excluding tert-OH is 1. The van der Waals surface area contributed by atoms with Gasteiger partial charge in [0.2, 0.25) is 0 Å². The van der Waals surface area contributed by atoms with Crippen LogP contribution in [0.5, 0.6) is 0 Å². The second-order valence-electron chi connectivity index (χ2n) is 24.0.